The molecule has 0 spiro atoms. The van der Waals surface area contributed by atoms with E-state index >= 15 is 0 Å². The standard InChI is InChI=1S/C17H25FO3Si/c1-17(2,22(3,4)20)10-13(11-19)16-7-5-12-9-14(18)6-8-15(12)21-16/h6,8-9,11,13,16,20H,5,7,10H2,1-4H3/t13-,16+/m1/s1. The molecule has 1 aliphatic heterocycles. The molecule has 1 aliphatic rings. The number of halogens is 1. The summed E-state index contributed by atoms with van der Waals surface area (Å²) >= 11 is 0. The Morgan fingerprint density at radius 3 is 2.77 bits per heavy atom. The summed E-state index contributed by atoms with van der Waals surface area (Å²) in [5.41, 5.74) is 0.858. The van der Waals surface area contributed by atoms with Crippen molar-refractivity contribution in [1.82, 2.24) is 0 Å². The van der Waals surface area contributed by atoms with E-state index in [-0.39, 0.29) is 22.9 Å². The SMILES string of the molecule is CC(C)(C[C@H](C=O)[C@@H]1CCc2cc(F)ccc2O1)[Si](C)(C)O. The molecule has 1 N–H and O–H groups in total. The van der Waals surface area contributed by atoms with Crippen LogP contribution in [0.25, 0.3) is 0 Å². The van der Waals surface area contributed by atoms with Gasteiger partial charge in [0.25, 0.3) is 0 Å². The predicted molar refractivity (Wildman–Crippen MR) is 87.0 cm³/mol. The van der Waals surface area contributed by atoms with Crippen LogP contribution in [0.1, 0.15) is 32.3 Å². The molecule has 1 aromatic rings. The molecule has 0 bridgehead atoms. The second-order valence-corrected chi connectivity index (χ2v) is 11.9. The molecule has 2 atom stereocenters. The number of fused-ring (bicyclic) bond motifs is 1. The van der Waals surface area contributed by atoms with Gasteiger partial charge in [-0.3, -0.25) is 0 Å². The van der Waals surface area contributed by atoms with Crippen LogP contribution in [0.4, 0.5) is 4.39 Å². The van der Waals surface area contributed by atoms with E-state index in [0.717, 1.165) is 11.8 Å². The Balaban J connectivity index is 2.13. The number of aldehydes is 1. The molecular weight excluding hydrogens is 299 g/mol. The van der Waals surface area contributed by atoms with Crippen LogP contribution in [0.2, 0.25) is 18.1 Å². The molecule has 0 aliphatic carbocycles. The van der Waals surface area contributed by atoms with E-state index in [1.54, 1.807) is 6.07 Å². The lowest BCUT2D eigenvalue weighted by Crippen LogP contribution is -2.43. The van der Waals surface area contributed by atoms with Crippen molar-refractivity contribution in [3.05, 3.63) is 29.6 Å². The van der Waals surface area contributed by atoms with E-state index in [0.29, 0.717) is 25.0 Å². The summed E-state index contributed by atoms with van der Waals surface area (Å²) in [5, 5.41) is -0.273. The fourth-order valence-electron chi connectivity index (χ4n) is 2.79. The quantitative estimate of drug-likeness (QED) is 0.663. The Morgan fingerprint density at radius 1 is 1.50 bits per heavy atom. The average Bonchev–Trinajstić information content (AvgIpc) is 2.43. The highest BCUT2D eigenvalue weighted by Gasteiger charge is 2.42. The van der Waals surface area contributed by atoms with Crippen LogP contribution < -0.4 is 4.74 Å². The highest BCUT2D eigenvalue weighted by atomic mass is 28.4. The lowest BCUT2D eigenvalue weighted by molar-refractivity contribution is -0.114. The second-order valence-electron chi connectivity index (χ2n) is 7.39. The zero-order valence-electron chi connectivity index (χ0n) is 13.7. The minimum atomic E-state index is -2.37. The molecule has 0 fully saturated rings. The van der Waals surface area contributed by atoms with Gasteiger partial charge in [-0.15, -0.1) is 0 Å². The number of aryl methyl sites for hydroxylation is 1. The topological polar surface area (TPSA) is 46.5 Å². The van der Waals surface area contributed by atoms with E-state index in [1.165, 1.54) is 12.1 Å². The average molecular weight is 324 g/mol. The van der Waals surface area contributed by atoms with Gasteiger partial charge in [-0.05, 0) is 61.2 Å². The minimum Gasteiger partial charge on any atom is -0.489 e. The third-order valence-electron chi connectivity index (χ3n) is 5.05. The van der Waals surface area contributed by atoms with Gasteiger partial charge in [0.2, 0.25) is 0 Å². The van der Waals surface area contributed by atoms with Gasteiger partial charge in [-0.25, -0.2) is 4.39 Å². The van der Waals surface area contributed by atoms with Crippen LogP contribution in [-0.2, 0) is 11.2 Å². The Bertz CT molecular complexity index is 551. The highest BCUT2D eigenvalue weighted by Crippen LogP contribution is 2.43. The fourth-order valence-corrected chi connectivity index (χ4v) is 3.52. The maximum atomic E-state index is 13.2. The van der Waals surface area contributed by atoms with Crippen LogP contribution in [-0.4, -0.2) is 25.5 Å². The number of hydrogen-bond donors (Lipinski definition) is 1. The zero-order valence-corrected chi connectivity index (χ0v) is 14.7. The van der Waals surface area contributed by atoms with Crippen LogP contribution in [0.15, 0.2) is 18.2 Å². The Kier molecular flexibility index (Phi) is 4.78. The summed E-state index contributed by atoms with van der Waals surface area (Å²) in [5.74, 6) is 0.150. The van der Waals surface area contributed by atoms with E-state index < -0.39 is 8.32 Å². The van der Waals surface area contributed by atoms with Gasteiger partial charge in [-0.1, -0.05) is 13.8 Å². The summed E-state index contributed by atoms with van der Waals surface area (Å²) in [6.07, 6.45) is 2.76. The van der Waals surface area contributed by atoms with Crippen LogP contribution in [0.5, 0.6) is 5.75 Å². The molecule has 0 radical (unpaired) electrons. The van der Waals surface area contributed by atoms with Crippen LogP contribution in [0, 0.1) is 11.7 Å². The first kappa shape index (κ1) is 17.2. The predicted octanol–water partition coefficient (Wildman–Crippen LogP) is 3.70. The molecule has 0 unspecified atom stereocenters. The fraction of sp³-hybridized carbons (Fsp3) is 0.588. The molecule has 0 amide bonds. The first-order valence-electron chi connectivity index (χ1n) is 7.77. The van der Waals surface area contributed by atoms with Crippen molar-refractivity contribution in [1.29, 1.82) is 0 Å². The summed E-state index contributed by atoms with van der Waals surface area (Å²) in [4.78, 5) is 22.0. The van der Waals surface area contributed by atoms with Crippen molar-refractivity contribution in [3.63, 3.8) is 0 Å². The van der Waals surface area contributed by atoms with Crippen molar-refractivity contribution in [2.75, 3.05) is 0 Å². The Morgan fingerprint density at radius 2 is 2.18 bits per heavy atom. The van der Waals surface area contributed by atoms with Gasteiger partial charge in [0.1, 0.15) is 24.0 Å². The molecule has 0 saturated carbocycles. The summed E-state index contributed by atoms with van der Waals surface area (Å²) in [7, 11) is -2.37. The third kappa shape index (κ3) is 3.58. The van der Waals surface area contributed by atoms with Gasteiger partial charge >= 0.3 is 0 Å². The summed E-state index contributed by atoms with van der Waals surface area (Å²) in [6.45, 7) is 7.83. The number of carbonyl (C=O) groups is 1. The van der Waals surface area contributed by atoms with Gasteiger partial charge in [0.15, 0.2) is 8.32 Å². The van der Waals surface area contributed by atoms with E-state index in [1.807, 2.05) is 26.9 Å². The molecule has 5 heteroatoms. The van der Waals surface area contributed by atoms with Gasteiger partial charge < -0.3 is 14.3 Å². The smallest absolute Gasteiger partial charge is 0.188 e. The van der Waals surface area contributed by atoms with E-state index in [2.05, 4.69) is 0 Å². The summed E-state index contributed by atoms with van der Waals surface area (Å²) in [6, 6.07) is 4.51. The first-order valence-corrected chi connectivity index (χ1v) is 10.7. The monoisotopic (exact) mass is 324 g/mol. The lowest BCUT2D eigenvalue weighted by Gasteiger charge is -2.39. The minimum absolute atomic E-state index is 0.203. The first-order chi connectivity index (χ1) is 10.1. The molecule has 0 aromatic heterocycles. The van der Waals surface area contributed by atoms with Gasteiger partial charge in [0, 0.05) is 0 Å². The normalized spacial score (nSPS) is 20.0. The largest absolute Gasteiger partial charge is 0.489 e. The Hall–Kier alpha value is -1.20. The second kappa shape index (κ2) is 6.12. The molecule has 1 aromatic carbocycles. The number of rotatable bonds is 5. The molecule has 0 saturated heterocycles. The lowest BCUT2D eigenvalue weighted by atomic mass is 9.88. The van der Waals surface area contributed by atoms with Crippen LogP contribution in [0.3, 0.4) is 0 Å². The number of ether oxygens (including phenoxy) is 1. The van der Waals surface area contributed by atoms with Crippen molar-refractivity contribution in [3.8, 4) is 5.75 Å². The Labute approximate surface area is 132 Å². The molecular formula is C17H25FO3Si. The number of carbonyl (C=O) groups excluding carboxylic acids is 1. The maximum absolute atomic E-state index is 13.2. The van der Waals surface area contributed by atoms with Gasteiger partial charge in [0.05, 0.1) is 5.92 Å². The summed E-state index contributed by atoms with van der Waals surface area (Å²) < 4.78 is 19.2. The molecule has 122 valence electrons. The van der Waals surface area contributed by atoms with Gasteiger partial charge in [-0.2, -0.15) is 0 Å². The third-order valence-corrected chi connectivity index (χ3v) is 8.57. The zero-order chi connectivity index (χ0) is 16.5. The van der Waals surface area contributed by atoms with Crippen molar-refractivity contribution in [2.24, 2.45) is 5.92 Å². The molecule has 22 heavy (non-hydrogen) atoms. The van der Waals surface area contributed by atoms with Crippen molar-refractivity contribution in [2.45, 2.75) is 57.3 Å². The highest BCUT2D eigenvalue weighted by molar-refractivity contribution is 6.72. The van der Waals surface area contributed by atoms with E-state index in [4.69, 9.17) is 4.74 Å². The maximum Gasteiger partial charge on any atom is 0.188 e. The van der Waals surface area contributed by atoms with Crippen LogP contribution >= 0.6 is 0 Å². The number of hydrogen-bond acceptors (Lipinski definition) is 3. The molecule has 2 rings (SSSR count). The van der Waals surface area contributed by atoms with E-state index in [9.17, 15) is 14.0 Å². The molecule has 3 nitrogen and oxygen atoms in total. The molecule has 1 heterocycles. The number of benzene rings is 1. The van der Waals surface area contributed by atoms with Crippen molar-refractivity contribution >= 4 is 14.6 Å². The van der Waals surface area contributed by atoms with Crippen molar-refractivity contribution < 1.29 is 18.7 Å².